The van der Waals surface area contributed by atoms with Crippen LogP contribution in [0.3, 0.4) is 0 Å². The number of aromatic nitrogens is 3. The van der Waals surface area contributed by atoms with Crippen LogP contribution in [0.25, 0.3) is 0 Å². The van der Waals surface area contributed by atoms with Gasteiger partial charge in [0.25, 0.3) is 5.79 Å². The summed E-state index contributed by atoms with van der Waals surface area (Å²) >= 11 is 0. The van der Waals surface area contributed by atoms with Crippen LogP contribution >= 0.6 is 0 Å². The van der Waals surface area contributed by atoms with Crippen molar-refractivity contribution < 1.29 is 39.8 Å². The molecule has 6 atom stereocenters. The largest absolute Gasteiger partial charge is 0.477 e. The zero-order valence-corrected chi connectivity index (χ0v) is 16.4. The number of hydrogen-bond acceptors (Lipinski definition) is 9. The van der Waals surface area contributed by atoms with E-state index in [-0.39, 0.29) is 13.0 Å². The first kappa shape index (κ1) is 22.7. The van der Waals surface area contributed by atoms with Gasteiger partial charge >= 0.3 is 5.97 Å². The van der Waals surface area contributed by atoms with Gasteiger partial charge in [-0.15, -0.1) is 5.10 Å². The normalized spacial score (nSPS) is 30.8. The second-order valence-electron chi connectivity index (χ2n) is 8.11. The van der Waals surface area contributed by atoms with Gasteiger partial charge in [0.15, 0.2) is 0 Å². The summed E-state index contributed by atoms with van der Waals surface area (Å²) in [6, 6.07) is 0. The van der Waals surface area contributed by atoms with E-state index in [9.17, 15) is 25.2 Å². The van der Waals surface area contributed by atoms with Gasteiger partial charge in [0.05, 0.1) is 42.9 Å². The summed E-state index contributed by atoms with van der Waals surface area (Å²) in [4.78, 5) is 12.0. The number of aliphatic hydroxyl groups excluding tert-OH is 4. The Hall–Kier alpha value is -1.63. The molecular weight excluding hydrogens is 374 g/mol. The lowest BCUT2D eigenvalue weighted by Crippen LogP contribution is -2.61. The van der Waals surface area contributed by atoms with Crippen LogP contribution in [0.4, 0.5) is 0 Å². The third-order valence-corrected chi connectivity index (χ3v) is 4.88. The fraction of sp³-hybridized carbons (Fsp3) is 0.824. The van der Waals surface area contributed by atoms with Crippen molar-refractivity contribution in [2.75, 3.05) is 6.61 Å². The van der Waals surface area contributed by atoms with Crippen LogP contribution in [-0.4, -0.2) is 83.3 Å². The van der Waals surface area contributed by atoms with Crippen molar-refractivity contribution in [2.24, 2.45) is 5.92 Å². The maximum absolute atomic E-state index is 12.0. The van der Waals surface area contributed by atoms with Gasteiger partial charge in [-0.3, -0.25) is 0 Å². The van der Waals surface area contributed by atoms with E-state index >= 15 is 0 Å². The van der Waals surface area contributed by atoms with Crippen LogP contribution in [0, 0.1) is 5.92 Å². The van der Waals surface area contributed by atoms with Gasteiger partial charge in [-0.1, -0.05) is 12.1 Å². The molecule has 11 heteroatoms. The predicted molar refractivity (Wildman–Crippen MR) is 93.9 cm³/mol. The minimum absolute atomic E-state index is 0.219. The van der Waals surface area contributed by atoms with Gasteiger partial charge < -0.3 is 35.0 Å². The zero-order chi connectivity index (χ0) is 21.3. The highest BCUT2D eigenvalue weighted by Gasteiger charge is 2.54. The molecule has 0 radical (unpaired) electrons. The molecule has 1 aliphatic rings. The molecule has 2 rings (SSSR count). The van der Waals surface area contributed by atoms with Gasteiger partial charge in [0, 0.05) is 12.3 Å². The molecule has 5 N–H and O–H groups in total. The third kappa shape index (κ3) is 4.50. The molecule has 1 aliphatic heterocycles. The fourth-order valence-corrected chi connectivity index (χ4v) is 3.17. The lowest BCUT2D eigenvalue weighted by Gasteiger charge is -2.45. The number of rotatable bonds is 7. The second kappa shape index (κ2) is 8.39. The quantitative estimate of drug-likeness (QED) is 0.374. The summed E-state index contributed by atoms with van der Waals surface area (Å²) in [6.45, 7) is 6.26. The Morgan fingerprint density at radius 3 is 2.64 bits per heavy atom. The molecule has 1 fully saturated rings. The summed E-state index contributed by atoms with van der Waals surface area (Å²) in [5, 5.41) is 56.9. The molecule has 0 aromatic carbocycles. The number of ether oxygens (including phenoxy) is 2. The minimum atomic E-state index is -2.25. The van der Waals surface area contributed by atoms with E-state index in [0.29, 0.717) is 5.69 Å². The Balaban J connectivity index is 2.27. The second-order valence-corrected chi connectivity index (χ2v) is 8.11. The maximum atomic E-state index is 12.0. The summed E-state index contributed by atoms with van der Waals surface area (Å²) in [5.41, 5.74) is 0.0779. The van der Waals surface area contributed by atoms with E-state index in [1.165, 1.54) is 6.20 Å². The number of aliphatic hydroxyl groups is 4. The van der Waals surface area contributed by atoms with E-state index < -0.39 is 54.2 Å². The molecule has 1 saturated heterocycles. The van der Waals surface area contributed by atoms with Crippen LogP contribution in [-0.2, 0) is 26.4 Å². The Kier molecular flexibility index (Phi) is 6.79. The molecule has 0 saturated carbocycles. The first-order chi connectivity index (χ1) is 12.9. The fourth-order valence-electron chi connectivity index (χ4n) is 3.17. The van der Waals surface area contributed by atoms with Gasteiger partial charge in [-0.2, -0.15) is 0 Å². The molecule has 0 bridgehead atoms. The number of carbonyl (C=O) groups is 1. The average Bonchev–Trinajstić information content (AvgIpc) is 3.10. The molecule has 1 aromatic heterocycles. The highest BCUT2D eigenvalue weighted by molar-refractivity contribution is 5.76. The van der Waals surface area contributed by atoms with Crippen molar-refractivity contribution in [3.05, 3.63) is 11.9 Å². The van der Waals surface area contributed by atoms with Gasteiger partial charge in [-0.25, -0.2) is 9.48 Å². The lowest BCUT2D eigenvalue weighted by atomic mass is 9.84. The van der Waals surface area contributed by atoms with Crippen LogP contribution < -0.4 is 0 Å². The number of carboxylic acid groups (broad SMARTS) is 1. The van der Waals surface area contributed by atoms with E-state index in [1.807, 2.05) is 20.8 Å². The topological polar surface area (TPSA) is 167 Å². The molecular formula is C17H29N3O8. The van der Waals surface area contributed by atoms with Crippen molar-refractivity contribution in [1.29, 1.82) is 0 Å². The SMILES string of the molecule is C[C@H]1C([C@H](O)[C@H](O)CO)O[C@@](OCc2cnnn2C(C)(C)C)(C(=O)O)C[C@H]1O. The van der Waals surface area contributed by atoms with Gasteiger partial charge in [-0.05, 0) is 20.8 Å². The number of carboxylic acids is 1. The molecule has 28 heavy (non-hydrogen) atoms. The zero-order valence-electron chi connectivity index (χ0n) is 16.4. The summed E-state index contributed by atoms with van der Waals surface area (Å²) in [7, 11) is 0. The smallest absolute Gasteiger partial charge is 0.364 e. The molecule has 1 aromatic rings. The monoisotopic (exact) mass is 403 g/mol. The van der Waals surface area contributed by atoms with E-state index in [0.717, 1.165) is 0 Å². The highest BCUT2D eigenvalue weighted by Crippen LogP contribution is 2.37. The summed E-state index contributed by atoms with van der Waals surface area (Å²) < 4.78 is 12.7. The lowest BCUT2D eigenvalue weighted by molar-refractivity contribution is -0.321. The van der Waals surface area contributed by atoms with Crippen molar-refractivity contribution in [2.45, 2.75) is 76.5 Å². The summed E-state index contributed by atoms with van der Waals surface area (Å²) in [6.07, 6.45) is -4.56. The van der Waals surface area contributed by atoms with Gasteiger partial charge in [0.1, 0.15) is 12.2 Å². The number of hydrogen-bond donors (Lipinski definition) is 5. The third-order valence-electron chi connectivity index (χ3n) is 4.88. The van der Waals surface area contributed by atoms with Crippen LogP contribution in [0.2, 0.25) is 0 Å². The molecule has 1 unspecified atom stereocenters. The Labute approximate surface area is 162 Å². The standard InChI is InChI=1S/C17H29N3O8/c1-9-11(22)5-17(15(25)26,28-14(9)13(24)12(23)7-21)27-8-10-6-18-19-20(10)16(2,3)4/h6,9,11-14,21-24H,5,7-8H2,1-4H3,(H,25,26)/t9-,11-,12-,13-,14?,17-/m1/s1. The van der Waals surface area contributed by atoms with Crippen LogP contribution in [0.1, 0.15) is 39.8 Å². The van der Waals surface area contributed by atoms with Crippen molar-refractivity contribution in [3.8, 4) is 0 Å². The molecule has 0 aliphatic carbocycles. The predicted octanol–water partition coefficient (Wildman–Crippen LogP) is -1.17. The van der Waals surface area contributed by atoms with Crippen LogP contribution in [0.5, 0.6) is 0 Å². The van der Waals surface area contributed by atoms with E-state index in [4.69, 9.17) is 14.6 Å². The van der Waals surface area contributed by atoms with E-state index in [1.54, 1.807) is 11.6 Å². The van der Waals surface area contributed by atoms with Crippen LogP contribution in [0.15, 0.2) is 6.20 Å². The van der Waals surface area contributed by atoms with E-state index in [2.05, 4.69) is 10.3 Å². The Bertz CT molecular complexity index is 676. The van der Waals surface area contributed by atoms with Crippen molar-refractivity contribution in [1.82, 2.24) is 15.0 Å². The highest BCUT2D eigenvalue weighted by atomic mass is 16.7. The molecule has 0 amide bonds. The summed E-state index contributed by atoms with van der Waals surface area (Å²) in [5.74, 6) is -4.43. The Morgan fingerprint density at radius 1 is 1.46 bits per heavy atom. The minimum Gasteiger partial charge on any atom is -0.477 e. The van der Waals surface area contributed by atoms with Gasteiger partial charge in [0.2, 0.25) is 0 Å². The molecule has 0 spiro atoms. The number of aliphatic carboxylic acids is 1. The molecule has 160 valence electrons. The Morgan fingerprint density at radius 2 is 2.11 bits per heavy atom. The van der Waals surface area contributed by atoms with Crippen molar-refractivity contribution >= 4 is 5.97 Å². The average molecular weight is 403 g/mol. The number of nitrogens with zero attached hydrogens (tertiary/aromatic N) is 3. The first-order valence-electron chi connectivity index (χ1n) is 9.03. The van der Waals surface area contributed by atoms with Crippen molar-refractivity contribution in [3.63, 3.8) is 0 Å². The molecule has 11 nitrogen and oxygen atoms in total. The molecule has 2 heterocycles. The maximum Gasteiger partial charge on any atom is 0.364 e. The first-order valence-corrected chi connectivity index (χ1v) is 9.03.